The lowest BCUT2D eigenvalue weighted by atomic mass is 9.96. The van der Waals surface area contributed by atoms with Crippen molar-refractivity contribution in [3.63, 3.8) is 0 Å². The first-order valence-corrected chi connectivity index (χ1v) is 3.20. The second kappa shape index (κ2) is 2.81. The minimum Gasteiger partial charge on any atom is -0.326 e. The summed E-state index contributed by atoms with van der Waals surface area (Å²) in [5, 5.41) is 11.6. The number of rotatable bonds is 0. The Bertz CT molecular complexity index is 127. The van der Waals surface area contributed by atoms with Crippen molar-refractivity contribution in [2.75, 3.05) is 13.1 Å². The maximum absolute atomic E-state index is 8.49. The lowest BCUT2D eigenvalue weighted by Gasteiger charge is -2.23. The van der Waals surface area contributed by atoms with Crippen molar-refractivity contribution in [3.8, 4) is 6.07 Å². The predicted molar refractivity (Wildman–Crippen MR) is 34.6 cm³/mol. The van der Waals surface area contributed by atoms with Gasteiger partial charge in [0, 0.05) is 12.6 Å². The van der Waals surface area contributed by atoms with Gasteiger partial charge in [0.2, 0.25) is 0 Å². The highest BCUT2D eigenvalue weighted by Gasteiger charge is 2.19. The monoisotopic (exact) mass is 125 g/mol. The molecule has 0 radical (unpaired) electrons. The smallest absolute Gasteiger partial charge is 0.0739 e. The molecule has 0 spiro atoms. The third-order valence-electron chi connectivity index (χ3n) is 1.70. The van der Waals surface area contributed by atoms with Gasteiger partial charge in [-0.3, -0.25) is 0 Å². The summed E-state index contributed by atoms with van der Waals surface area (Å²) < 4.78 is 0. The standard InChI is InChI=1S/C6H11N3/c7-3-5-4-9-2-1-6(5)8/h5-6,9H,1-2,4,8H2/t5-,6-/m0/s1. The summed E-state index contributed by atoms with van der Waals surface area (Å²) in [6.07, 6.45) is 0.929. The largest absolute Gasteiger partial charge is 0.326 e. The number of hydrogen-bond acceptors (Lipinski definition) is 3. The van der Waals surface area contributed by atoms with E-state index in [1.807, 2.05) is 0 Å². The van der Waals surface area contributed by atoms with E-state index < -0.39 is 0 Å². The average molecular weight is 125 g/mol. The molecule has 0 unspecified atom stereocenters. The Kier molecular flexibility index (Phi) is 2.04. The molecule has 3 N–H and O–H groups in total. The summed E-state index contributed by atoms with van der Waals surface area (Å²) in [6.45, 7) is 1.72. The number of hydrogen-bond donors (Lipinski definition) is 2. The molecule has 1 heterocycles. The number of nitrogens with two attached hydrogens (primary N) is 1. The topological polar surface area (TPSA) is 61.8 Å². The first kappa shape index (κ1) is 6.53. The third kappa shape index (κ3) is 1.41. The summed E-state index contributed by atoms with van der Waals surface area (Å²) in [7, 11) is 0. The van der Waals surface area contributed by atoms with Crippen LogP contribution in [0.25, 0.3) is 0 Å². The minimum absolute atomic E-state index is 0.0266. The molecule has 0 aliphatic carbocycles. The molecule has 0 amide bonds. The Morgan fingerprint density at radius 3 is 2.89 bits per heavy atom. The fourth-order valence-corrected chi connectivity index (χ4v) is 1.02. The van der Waals surface area contributed by atoms with Gasteiger partial charge in [-0.25, -0.2) is 0 Å². The van der Waals surface area contributed by atoms with Gasteiger partial charge in [-0.15, -0.1) is 0 Å². The van der Waals surface area contributed by atoms with Gasteiger partial charge in [0.1, 0.15) is 0 Å². The van der Waals surface area contributed by atoms with Gasteiger partial charge in [0.25, 0.3) is 0 Å². The van der Waals surface area contributed by atoms with Crippen molar-refractivity contribution < 1.29 is 0 Å². The SMILES string of the molecule is N#C[C@H]1CNCC[C@@H]1N. The predicted octanol–water partition coefficient (Wildman–Crippen LogP) is -0.553. The molecular formula is C6H11N3. The second-order valence-electron chi connectivity index (χ2n) is 2.39. The van der Waals surface area contributed by atoms with Gasteiger partial charge in [-0.05, 0) is 13.0 Å². The lowest BCUT2D eigenvalue weighted by molar-refractivity contribution is 0.387. The van der Waals surface area contributed by atoms with E-state index in [2.05, 4.69) is 11.4 Å². The van der Waals surface area contributed by atoms with Crippen LogP contribution in [-0.2, 0) is 0 Å². The van der Waals surface area contributed by atoms with E-state index in [-0.39, 0.29) is 12.0 Å². The first-order valence-electron chi connectivity index (χ1n) is 3.20. The Labute approximate surface area is 54.8 Å². The van der Waals surface area contributed by atoms with Gasteiger partial charge in [-0.2, -0.15) is 5.26 Å². The van der Waals surface area contributed by atoms with Crippen LogP contribution in [0.15, 0.2) is 0 Å². The molecule has 3 heteroatoms. The van der Waals surface area contributed by atoms with Crippen LogP contribution < -0.4 is 11.1 Å². The number of piperidine rings is 1. The van der Waals surface area contributed by atoms with Crippen LogP contribution in [0.5, 0.6) is 0 Å². The molecule has 1 rings (SSSR count). The summed E-state index contributed by atoms with van der Waals surface area (Å²) in [5.74, 6) is 0.0266. The highest BCUT2D eigenvalue weighted by Crippen LogP contribution is 2.06. The molecule has 2 atom stereocenters. The Morgan fingerprint density at radius 1 is 1.67 bits per heavy atom. The van der Waals surface area contributed by atoms with Crippen molar-refractivity contribution in [1.29, 1.82) is 5.26 Å². The van der Waals surface area contributed by atoms with E-state index in [0.717, 1.165) is 19.5 Å². The molecule has 1 saturated heterocycles. The number of nitrogens with zero attached hydrogens (tertiary/aromatic N) is 1. The molecule has 9 heavy (non-hydrogen) atoms. The molecule has 1 fully saturated rings. The van der Waals surface area contributed by atoms with Crippen molar-refractivity contribution in [3.05, 3.63) is 0 Å². The van der Waals surface area contributed by atoms with Crippen LogP contribution in [0, 0.1) is 17.2 Å². The average Bonchev–Trinajstić information content (AvgIpc) is 1.89. The highest BCUT2D eigenvalue weighted by molar-refractivity contribution is 4.94. The van der Waals surface area contributed by atoms with Gasteiger partial charge in [0.05, 0.1) is 12.0 Å². The van der Waals surface area contributed by atoms with E-state index >= 15 is 0 Å². The van der Waals surface area contributed by atoms with Gasteiger partial charge in [-0.1, -0.05) is 0 Å². The van der Waals surface area contributed by atoms with Crippen LogP contribution >= 0.6 is 0 Å². The van der Waals surface area contributed by atoms with Crippen LogP contribution in [0.4, 0.5) is 0 Å². The van der Waals surface area contributed by atoms with Crippen molar-refractivity contribution >= 4 is 0 Å². The maximum atomic E-state index is 8.49. The lowest BCUT2D eigenvalue weighted by Crippen LogP contribution is -2.43. The van der Waals surface area contributed by atoms with E-state index in [1.165, 1.54) is 0 Å². The zero-order valence-corrected chi connectivity index (χ0v) is 5.30. The summed E-state index contributed by atoms with van der Waals surface area (Å²) >= 11 is 0. The van der Waals surface area contributed by atoms with Crippen molar-refractivity contribution in [2.45, 2.75) is 12.5 Å². The van der Waals surface area contributed by atoms with Gasteiger partial charge < -0.3 is 11.1 Å². The third-order valence-corrected chi connectivity index (χ3v) is 1.70. The van der Waals surface area contributed by atoms with Crippen molar-refractivity contribution in [1.82, 2.24) is 5.32 Å². The second-order valence-corrected chi connectivity index (χ2v) is 2.39. The van der Waals surface area contributed by atoms with Gasteiger partial charge >= 0.3 is 0 Å². The van der Waals surface area contributed by atoms with E-state index in [0.29, 0.717) is 0 Å². The van der Waals surface area contributed by atoms with Crippen LogP contribution in [-0.4, -0.2) is 19.1 Å². The zero-order valence-electron chi connectivity index (χ0n) is 5.30. The Hall–Kier alpha value is -0.590. The molecule has 0 aromatic heterocycles. The first-order chi connectivity index (χ1) is 4.34. The Morgan fingerprint density at radius 2 is 2.44 bits per heavy atom. The molecule has 0 aromatic carbocycles. The molecule has 1 aliphatic heterocycles. The molecular weight excluding hydrogens is 114 g/mol. The highest BCUT2D eigenvalue weighted by atomic mass is 14.9. The van der Waals surface area contributed by atoms with Crippen LogP contribution in [0.2, 0.25) is 0 Å². The summed E-state index contributed by atoms with van der Waals surface area (Å²) in [4.78, 5) is 0. The number of nitrogens with one attached hydrogen (secondary N) is 1. The molecule has 3 nitrogen and oxygen atoms in total. The fourth-order valence-electron chi connectivity index (χ4n) is 1.02. The van der Waals surface area contributed by atoms with Crippen molar-refractivity contribution in [2.24, 2.45) is 11.7 Å². The number of nitriles is 1. The molecule has 0 aromatic rings. The minimum atomic E-state index is 0.0266. The molecule has 0 bridgehead atoms. The van der Waals surface area contributed by atoms with Crippen LogP contribution in [0.1, 0.15) is 6.42 Å². The van der Waals surface area contributed by atoms with E-state index in [1.54, 1.807) is 0 Å². The Balaban J connectivity index is 2.41. The van der Waals surface area contributed by atoms with Crippen LogP contribution in [0.3, 0.4) is 0 Å². The fraction of sp³-hybridized carbons (Fsp3) is 0.833. The van der Waals surface area contributed by atoms with E-state index in [4.69, 9.17) is 11.0 Å². The maximum Gasteiger partial charge on any atom is 0.0739 e. The quantitative estimate of drug-likeness (QED) is 0.456. The summed E-state index contributed by atoms with van der Waals surface area (Å²) in [5.41, 5.74) is 5.63. The zero-order chi connectivity index (χ0) is 6.69. The summed E-state index contributed by atoms with van der Waals surface area (Å²) in [6, 6.07) is 2.26. The molecule has 1 aliphatic rings. The normalized spacial score (nSPS) is 35.6. The van der Waals surface area contributed by atoms with E-state index in [9.17, 15) is 0 Å². The molecule has 0 saturated carbocycles. The molecule has 50 valence electrons. The van der Waals surface area contributed by atoms with Gasteiger partial charge in [0.15, 0.2) is 0 Å².